The number of nitrogens with one attached hydrogen (secondary N) is 2. The summed E-state index contributed by atoms with van der Waals surface area (Å²) in [5, 5.41) is 6.11. The fraction of sp³-hybridized carbons (Fsp3) is 0.143. The summed E-state index contributed by atoms with van der Waals surface area (Å²) in [6.07, 6.45) is 1.51. The number of aromatic amines is 1. The predicted octanol–water partition coefficient (Wildman–Crippen LogP) is 4.80. The first-order valence-corrected chi connectivity index (χ1v) is 8.56. The van der Waals surface area contributed by atoms with E-state index in [1.54, 1.807) is 0 Å². The molecule has 0 bridgehead atoms. The highest BCUT2D eigenvalue weighted by Crippen LogP contribution is 2.29. The van der Waals surface area contributed by atoms with Crippen molar-refractivity contribution in [3.63, 3.8) is 0 Å². The monoisotopic (exact) mass is 345 g/mol. The molecule has 0 aliphatic heterocycles. The second-order valence-electron chi connectivity index (χ2n) is 6.50. The molecule has 0 fully saturated rings. The van der Waals surface area contributed by atoms with Crippen molar-refractivity contribution in [3.05, 3.63) is 71.6 Å². The Bertz CT molecular complexity index is 1090. The van der Waals surface area contributed by atoms with E-state index in [4.69, 9.17) is 4.42 Å². The largest absolute Gasteiger partial charge is 0.455 e. The van der Waals surface area contributed by atoms with Crippen LogP contribution >= 0.6 is 0 Å². The van der Waals surface area contributed by atoms with Crippen molar-refractivity contribution in [2.45, 2.75) is 19.8 Å². The van der Waals surface area contributed by atoms with Crippen molar-refractivity contribution in [1.29, 1.82) is 0 Å². The van der Waals surface area contributed by atoms with Gasteiger partial charge in [0.2, 0.25) is 0 Å². The number of carbonyl (C=O) groups excluding carboxylic acids is 1. The molecule has 2 aromatic carbocycles. The van der Waals surface area contributed by atoms with E-state index < -0.39 is 0 Å². The van der Waals surface area contributed by atoms with Crippen molar-refractivity contribution >= 4 is 34.0 Å². The maximum atomic E-state index is 12.6. The molecular weight excluding hydrogens is 326 g/mol. The first-order valence-electron chi connectivity index (χ1n) is 8.56. The van der Waals surface area contributed by atoms with Crippen LogP contribution in [0.25, 0.3) is 21.9 Å². The number of amides is 1. The van der Waals surface area contributed by atoms with Crippen molar-refractivity contribution in [2.75, 3.05) is 0 Å². The summed E-state index contributed by atoms with van der Waals surface area (Å²) in [5.41, 5.74) is 5.87. The second-order valence-corrected chi connectivity index (χ2v) is 6.50. The molecule has 0 saturated heterocycles. The number of fused-ring (bicyclic) bond motifs is 2. The van der Waals surface area contributed by atoms with Crippen molar-refractivity contribution < 1.29 is 9.21 Å². The van der Waals surface area contributed by atoms with Gasteiger partial charge in [0.05, 0.1) is 6.21 Å². The third kappa shape index (κ3) is 2.88. The number of H-pyrrole nitrogens is 1. The lowest BCUT2D eigenvalue weighted by Crippen LogP contribution is -2.19. The number of carbonyl (C=O) groups is 1. The number of benzene rings is 2. The van der Waals surface area contributed by atoms with Gasteiger partial charge in [-0.15, -0.1) is 0 Å². The zero-order valence-corrected chi connectivity index (χ0v) is 14.6. The van der Waals surface area contributed by atoms with Crippen molar-refractivity contribution in [2.24, 2.45) is 5.10 Å². The Morgan fingerprint density at radius 3 is 2.73 bits per heavy atom. The Morgan fingerprint density at radius 1 is 1.15 bits per heavy atom. The van der Waals surface area contributed by atoms with Gasteiger partial charge in [-0.1, -0.05) is 50.2 Å². The van der Waals surface area contributed by atoms with E-state index in [0.717, 1.165) is 27.4 Å². The summed E-state index contributed by atoms with van der Waals surface area (Å²) in [6.45, 7) is 4.15. The Labute approximate surface area is 150 Å². The molecule has 4 rings (SSSR count). The van der Waals surface area contributed by atoms with Gasteiger partial charge in [0.25, 0.3) is 5.91 Å². The number of furan rings is 1. The van der Waals surface area contributed by atoms with Gasteiger partial charge in [-0.05, 0) is 29.7 Å². The first-order chi connectivity index (χ1) is 12.6. The van der Waals surface area contributed by atoms with Gasteiger partial charge in [-0.2, -0.15) is 5.10 Å². The van der Waals surface area contributed by atoms with Crippen molar-refractivity contribution in [3.8, 4) is 0 Å². The Morgan fingerprint density at radius 2 is 1.92 bits per heavy atom. The summed E-state index contributed by atoms with van der Waals surface area (Å²) in [5.74, 6) is 0.538. The molecule has 0 spiro atoms. The van der Waals surface area contributed by atoms with E-state index in [1.165, 1.54) is 6.21 Å². The summed E-state index contributed by atoms with van der Waals surface area (Å²) in [6, 6.07) is 17.5. The van der Waals surface area contributed by atoms with Crippen LogP contribution in [0.15, 0.2) is 64.1 Å². The zero-order valence-electron chi connectivity index (χ0n) is 14.6. The minimum absolute atomic E-state index is 0.214. The van der Waals surface area contributed by atoms with E-state index in [0.29, 0.717) is 11.5 Å². The summed E-state index contributed by atoms with van der Waals surface area (Å²) in [4.78, 5) is 15.8. The molecule has 0 aliphatic carbocycles. The molecule has 4 aromatic rings. The summed E-state index contributed by atoms with van der Waals surface area (Å²) in [7, 11) is 0. The molecule has 0 aliphatic rings. The molecule has 2 N–H and O–H groups in total. The predicted molar refractivity (Wildman–Crippen MR) is 104 cm³/mol. The molecule has 0 saturated carbocycles. The van der Waals surface area contributed by atoms with Gasteiger partial charge < -0.3 is 9.40 Å². The number of aromatic nitrogens is 1. The zero-order chi connectivity index (χ0) is 18.1. The first kappa shape index (κ1) is 16.1. The van der Waals surface area contributed by atoms with Gasteiger partial charge in [0.15, 0.2) is 0 Å². The van der Waals surface area contributed by atoms with E-state index in [2.05, 4.69) is 29.4 Å². The van der Waals surface area contributed by atoms with Crippen LogP contribution in [0.5, 0.6) is 0 Å². The maximum absolute atomic E-state index is 12.6. The molecule has 2 heterocycles. The molecular formula is C21H19N3O2. The van der Waals surface area contributed by atoms with Crippen LogP contribution < -0.4 is 5.43 Å². The molecule has 2 aromatic heterocycles. The highest BCUT2D eigenvalue weighted by molar-refractivity contribution is 6.01. The van der Waals surface area contributed by atoms with E-state index >= 15 is 0 Å². The molecule has 0 radical (unpaired) electrons. The number of rotatable bonds is 4. The van der Waals surface area contributed by atoms with E-state index in [-0.39, 0.29) is 11.8 Å². The lowest BCUT2D eigenvalue weighted by Gasteiger charge is -2.06. The normalized spacial score (nSPS) is 11.8. The average molecular weight is 345 g/mol. The van der Waals surface area contributed by atoms with Gasteiger partial charge >= 0.3 is 0 Å². The minimum atomic E-state index is -0.266. The number of hydrogen-bond donors (Lipinski definition) is 2. The smallest absolute Gasteiger partial charge is 0.288 e. The fourth-order valence-corrected chi connectivity index (χ4v) is 3.22. The summed E-state index contributed by atoms with van der Waals surface area (Å²) >= 11 is 0. The van der Waals surface area contributed by atoms with E-state index in [9.17, 15) is 4.79 Å². The van der Waals surface area contributed by atoms with Crippen LogP contribution in [0.1, 0.15) is 41.6 Å². The molecule has 5 nitrogen and oxygen atoms in total. The lowest BCUT2D eigenvalue weighted by atomic mass is 9.99. The van der Waals surface area contributed by atoms with Gasteiger partial charge in [0, 0.05) is 16.3 Å². The average Bonchev–Trinajstić information content (AvgIpc) is 3.22. The Kier molecular flexibility index (Phi) is 4.05. The molecule has 0 atom stereocenters. The van der Waals surface area contributed by atoms with Crippen LogP contribution in [0.2, 0.25) is 0 Å². The van der Waals surface area contributed by atoms with Gasteiger partial charge in [0.1, 0.15) is 17.0 Å². The lowest BCUT2D eigenvalue weighted by molar-refractivity contribution is 0.0949. The molecule has 130 valence electrons. The highest BCUT2D eigenvalue weighted by Gasteiger charge is 2.19. The molecule has 0 unspecified atom stereocenters. The Hall–Kier alpha value is -3.34. The standard InChI is InChI=1S/C21H19N3O2/c1-13(2)19-16-8-4-5-9-17(16)23-20(19)21(25)24-22-12-15-11-14-7-3-6-10-18(14)26-15/h3-13,23H,1-2H3,(H,24,25)/b22-12+. The van der Waals surface area contributed by atoms with Crippen LogP contribution in [-0.2, 0) is 0 Å². The molecule has 1 amide bonds. The van der Waals surface area contributed by atoms with Crippen LogP contribution in [0.4, 0.5) is 0 Å². The number of hydrazone groups is 1. The van der Waals surface area contributed by atoms with Crippen LogP contribution in [-0.4, -0.2) is 17.1 Å². The van der Waals surface area contributed by atoms with Crippen LogP contribution in [0, 0.1) is 0 Å². The minimum Gasteiger partial charge on any atom is -0.455 e. The quantitative estimate of drug-likeness (QED) is 0.412. The maximum Gasteiger partial charge on any atom is 0.288 e. The molecule has 5 heteroatoms. The van der Waals surface area contributed by atoms with Gasteiger partial charge in [-0.25, -0.2) is 5.43 Å². The number of para-hydroxylation sites is 2. The van der Waals surface area contributed by atoms with Crippen LogP contribution in [0.3, 0.4) is 0 Å². The van der Waals surface area contributed by atoms with Crippen molar-refractivity contribution in [1.82, 2.24) is 10.4 Å². The highest BCUT2D eigenvalue weighted by atomic mass is 16.3. The number of hydrogen-bond acceptors (Lipinski definition) is 3. The third-order valence-corrected chi connectivity index (χ3v) is 4.35. The fourth-order valence-electron chi connectivity index (χ4n) is 3.22. The van der Waals surface area contributed by atoms with Gasteiger partial charge in [-0.3, -0.25) is 4.79 Å². The third-order valence-electron chi connectivity index (χ3n) is 4.35. The SMILES string of the molecule is CC(C)c1c(C(=O)N/N=C/c2cc3ccccc3o2)[nH]c2ccccc12. The topological polar surface area (TPSA) is 70.4 Å². The Balaban J connectivity index is 1.58. The number of nitrogens with zero attached hydrogens (tertiary/aromatic N) is 1. The summed E-state index contributed by atoms with van der Waals surface area (Å²) < 4.78 is 5.66. The molecule has 26 heavy (non-hydrogen) atoms. The second kappa shape index (κ2) is 6.52. The van der Waals surface area contributed by atoms with E-state index in [1.807, 2.05) is 54.6 Å².